The van der Waals surface area contributed by atoms with Crippen molar-refractivity contribution in [3.8, 4) is 0 Å². The van der Waals surface area contributed by atoms with Crippen LogP contribution in [0.1, 0.15) is 30.4 Å². The molecule has 0 fully saturated rings. The Morgan fingerprint density at radius 3 is 2.88 bits per heavy atom. The quantitative estimate of drug-likeness (QED) is 0.783. The monoisotopic (exact) mass is 248 g/mol. The lowest BCUT2D eigenvalue weighted by Crippen LogP contribution is -2.35. The van der Waals surface area contributed by atoms with Crippen LogP contribution >= 0.6 is 12.2 Å². The van der Waals surface area contributed by atoms with Crippen molar-refractivity contribution in [3.63, 3.8) is 0 Å². The van der Waals surface area contributed by atoms with E-state index in [1.165, 1.54) is 17.5 Å². The first-order valence-electron chi connectivity index (χ1n) is 6.29. The number of hydrogen-bond acceptors (Lipinski definition) is 2. The van der Waals surface area contributed by atoms with E-state index in [1.54, 1.807) is 0 Å². The van der Waals surface area contributed by atoms with Crippen LogP contribution in [0.2, 0.25) is 0 Å². The van der Waals surface area contributed by atoms with E-state index in [0.717, 1.165) is 26.1 Å². The normalized spacial score (nSPS) is 17.6. The molecule has 0 saturated heterocycles. The van der Waals surface area contributed by atoms with Crippen LogP contribution in [-0.2, 0) is 6.42 Å². The van der Waals surface area contributed by atoms with Gasteiger partial charge in [0.1, 0.15) is 0 Å². The van der Waals surface area contributed by atoms with E-state index in [1.807, 2.05) is 0 Å². The molecule has 0 radical (unpaired) electrons. The van der Waals surface area contributed by atoms with Gasteiger partial charge >= 0.3 is 0 Å². The second kappa shape index (κ2) is 5.61. The number of nitrogens with zero attached hydrogens (tertiary/aromatic N) is 1. The van der Waals surface area contributed by atoms with Crippen molar-refractivity contribution in [2.24, 2.45) is 5.73 Å². The molecule has 0 aromatic heterocycles. The lowest BCUT2D eigenvalue weighted by molar-refractivity contribution is 0.267. The molecule has 1 aliphatic carbocycles. The van der Waals surface area contributed by atoms with Gasteiger partial charge < -0.3 is 10.6 Å². The molecule has 92 valence electrons. The van der Waals surface area contributed by atoms with Gasteiger partial charge in [-0.15, -0.1) is 0 Å². The minimum Gasteiger partial charge on any atom is -0.393 e. The fourth-order valence-electron chi connectivity index (χ4n) is 2.48. The van der Waals surface area contributed by atoms with Crippen molar-refractivity contribution in [2.45, 2.75) is 25.7 Å². The van der Waals surface area contributed by atoms with Crippen molar-refractivity contribution in [1.29, 1.82) is 0 Å². The van der Waals surface area contributed by atoms with Crippen molar-refractivity contribution >= 4 is 17.2 Å². The van der Waals surface area contributed by atoms with E-state index >= 15 is 0 Å². The van der Waals surface area contributed by atoms with E-state index in [-0.39, 0.29) is 0 Å². The van der Waals surface area contributed by atoms with Crippen LogP contribution in [0.15, 0.2) is 24.3 Å². The van der Waals surface area contributed by atoms with Gasteiger partial charge in [-0.25, -0.2) is 0 Å². The predicted molar refractivity (Wildman–Crippen MR) is 76.4 cm³/mol. The summed E-state index contributed by atoms with van der Waals surface area (Å²) in [5, 5.41) is 0. The van der Waals surface area contributed by atoms with Crippen LogP contribution in [0.3, 0.4) is 0 Å². The molecule has 1 unspecified atom stereocenters. The highest BCUT2D eigenvalue weighted by Crippen LogP contribution is 2.35. The zero-order valence-electron chi connectivity index (χ0n) is 10.4. The molecular formula is C14H20N2S. The summed E-state index contributed by atoms with van der Waals surface area (Å²) in [6, 6.07) is 8.75. The van der Waals surface area contributed by atoms with Gasteiger partial charge in [0.25, 0.3) is 0 Å². The molecule has 0 saturated carbocycles. The first-order valence-corrected chi connectivity index (χ1v) is 6.70. The van der Waals surface area contributed by atoms with Crippen LogP contribution in [0.5, 0.6) is 0 Å². The minimum absolute atomic E-state index is 0.623. The van der Waals surface area contributed by atoms with Gasteiger partial charge in [-0.1, -0.05) is 43.4 Å². The molecule has 0 amide bonds. The van der Waals surface area contributed by atoms with Gasteiger partial charge in [0.2, 0.25) is 0 Å². The molecule has 0 spiro atoms. The summed E-state index contributed by atoms with van der Waals surface area (Å²) in [6.07, 6.45) is 2.05. The largest absolute Gasteiger partial charge is 0.393 e. The summed E-state index contributed by atoms with van der Waals surface area (Å²) in [4.78, 5) is 3.07. The number of fused-ring (bicyclic) bond motifs is 1. The van der Waals surface area contributed by atoms with Gasteiger partial charge in [0.05, 0.1) is 4.99 Å². The maximum absolute atomic E-state index is 5.55. The van der Waals surface area contributed by atoms with E-state index in [9.17, 15) is 0 Å². The number of hydrogen-bond donors (Lipinski definition) is 1. The zero-order valence-corrected chi connectivity index (χ0v) is 11.2. The van der Waals surface area contributed by atoms with Crippen molar-refractivity contribution < 1.29 is 0 Å². The topological polar surface area (TPSA) is 29.3 Å². The van der Waals surface area contributed by atoms with E-state index in [0.29, 0.717) is 10.9 Å². The van der Waals surface area contributed by atoms with E-state index < -0.39 is 0 Å². The highest BCUT2D eigenvalue weighted by atomic mass is 32.1. The third-order valence-electron chi connectivity index (χ3n) is 3.56. The molecule has 1 aromatic rings. The lowest BCUT2D eigenvalue weighted by Gasteiger charge is -2.34. The molecule has 1 atom stereocenters. The molecule has 3 heteroatoms. The lowest BCUT2D eigenvalue weighted by atomic mass is 9.77. The average molecular weight is 248 g/mol. The molecule has 2 rings (SSSR count). The SMILES string of the molecule is CCN(CCC(N)=S)CC1Cc2ccccc21. The molecular weight excluding hydrogens is 228 g/mol. The van der Waals surface area contributed by atoms with Crippen molar-refractivity contribution in [3.05, 3.63) is 35.4 Å². The molecule has 17 heavy (non-hydrogen) atoms. The van der Waals surface area contributed by atoms with Crippen molar-refractivity contribution in [2.75, 3.05) is 19.6 Å². The first-order chi connectivity index (χ1) is 8.20. The van der Waals surface area contributed by atoms with E-state index in [4.69, 9.17) is 18.0 Å². The van der Waals surface area contributed by atoms with Gasteiger partial charge in [-0.05, 0) is 24.1 Å². The predicted octanol–water partition coefficient (Wildman–Crippen LogP) is 2.32. The maximum Gasteiger partial charge on any atom is 0.0740 e. The fraction of sp³-hybridized carbons (Fsp3) is 0.500. The Labute approximate surface area is 109 Å². The third kappa shape index (κ3) is 3.05. The van der Waals surface area contributed by atoms with Gasteiger partial charge in [0, 0.05) is 25.4 Å². The molecule has 1 aliphatic rings. The number of nitrogens with two attached hydrogens (primary N) is 1. The number of rotatable bonds is 6. The summed E-state index contributed by atoms with van der Waals surface area (Å²) in [7, 11) is 0. The van der Waals surface area contributed by atoms with Crippen LogP contribution in [-0.4, -0.2) is 29.5 Å². The summed E-state index contributed by atoms with van der Waals surface area (Å²) in [6.45, 7) is 5.39. The summed E-state index contributed by atoms with van der Waals surface area (Å²) in [5.74, 6) is 0.706. The number of benzene rings is 1. The molecule has 0 bridgehead atoms. The standard InChI is InChI=1S/C14H20N2S/c1-2-16(8-7-14(15)17)10-12-9-11-5-3-4-6-13(11)12/h3-6,12H,2,7-10H2,1H3,(H2,15,17). The Morgan fingerprint density at radius 2 is 2.24 bits per heavy atom. The maximum atomic E-state index is 5.55. The highest BCUT2D eigenvalue weighted by molar-refractivity contribution is 7.80. The van der Waals surface area contributed by atoms with Gasteiger partial charge in [-0.3, -0.25) is 0 Å². The third-order valence-corrected chi connectivity index (χ3v) is 3.77. The second-order valence-corrected chi connectivity index (χ2v) is 5.23. The number of likely N-dealkylation sites (N-methyl/N-ethyl adjacent to an activating group) is 1. The zero-order chi connectivity index (χ0) is 12.3. The van der Waals surface area contributed by atoms with Gasteiger partial charge in [0.15, 0.2) is 0 Å². The summed E-state index contributed by atoms with van der Waals surface area (Å²) < 4.78 is 0. The Hall–Kier alpha value is -0.930. The van der Waals surface area contributed by atoms with Crippen molar-refractivity contribution in [1.82, 2.24) is 4.90 Å². The molecule has 2 nitrogen and oxygen atoms in total. The summed E-state index contributed by atoms with van der Waals surface area (Å²) >= 11 is 4.93. The Morgan fingerprint density at radius 1 is 1.47 bits per heavy atom. The van der Waals surface area contributed by atoms with Gasteiger partial charge in [-0.2, -0.15) is 0 Å². The fourth-order valence-corrected chi connectivity index (χ4v) is 2.58. The minimum atomic E-state index is 0.623. The van der Waals surface area contributed by atoms with Crippen LogP contribution < -0.4 is 5.73 Å². The molecule has 0 aliphatic heterocycles. The Kier molecular flexibility index (Phi) is 4.13. The van der Waals surface area contributed by atoms with Crippen LogP contribution in [0.4, 0.5) is 0 Å². The van der Waals surface area contributed by atoms with Crippen LogP contribution in [0.25, 0.3) is 0 Å². The Balaban J connectivity index is 1.87. The molecule has 1 aromatic carbocycles. The summed E-state index contributed by atoms with van der Waals surface area (Å²) in [5.41, 5.74) is 8.60. The second-order valence-electron chi connectivity index (χ2n) is 4.71. The molecule has 2 N–H and O–H groups in total. The smallest absolute Gasteiger partial charge is 0.0740 e. The first kappa shape index (κ1) is 12.5. The highest BCUT2D eigenvalue weighted by Gasteiger charge is 2.26. The van der Waals surface area contributed by atoms with E-state index in [2.05, 4.69) is 36.1 Å². The number of thiocarbonyl (C=S) groups is 1. The average Bonchev–Trinajstić information content (AvgIpc) is 2.29. The van der Waals surface area contributed by atoms with Crippen LogP contribution in [0, 0.1) is 0 Å². The Bertz CT molecular complexity index is 403. The molecule has 0 heterocycles.